The molecule has 156 valence electrons. The number of benzene rings is 2. The van der Waals surface area contributed by atoms with Crippen LogP contribution in [0.5, 0.6) is 11.5 Å². The first-order valence-electron chi connectivity index (χ1n) is 10.5. The lowest BCUT2D eigenvalue weighted by Gasteiger charge is -2.29. The fourth-order valence-electron chi connectivity index (χ4n) is 3.65. The van der Waals surface area contributed by atoms with Crippen molar-refractivity contribution in [2.75, 3.05) is 59.5 Å². The van der Waals surface area contributed by atoms with Crippen LogP contribution in [-0.4, -0.2) is 65.4 Å². The van der Waals surface area contributed by atoms with E-state index in [2.05, 4.69) is 17.4 Å². The molecule has 0 atom stereocenters. The molecule has 1 aliphatic rings. The highest BCUT2D eigenvalue weighted by Crippen LogP contribution is 2.16. The Morgan fingerprint density at radius 3 is 2.28 bits per heavy atom. The summed E-state index contributed by atoms with van der Waals surface area (Å²) in [6, 6.07) is 18.0. The highest BCUT2D eigenvalue weighted by molar-refractivity contribution is 5.76. The van der Waals surface area contributed by atoms with Crippen LogP contribution in [0.2, 0.25) is 0 Å². The molecule has 0 aliphatic carbocycles. The van der Waals surface area contributed by atoms with Crippen molar-refractivity contribution in [1.29, 1.82) is 0 Å². The molecule has 0 aromatic heterocycles. The van der Waals surface area contributed by atoms with E-state index in [1.807, 2.05) is 42.5 Å². The van der Waals surface area contributed by atoms with Crippen LogP contribution in [0.4, 0.5) is 0 Å². The summed E-state index contributed by atoms with van der Waals surface area (Å²) in [5.41, 5.74) is 1.26. The van der Waals surface area contributed by atoms with E-state index in [0.29, 0.717) is 19.7 Å². The van der Waals surface area contributed by atoms with Crippen molar-refractivity contribution >= 4 is 5.91 Å². The summed E-state index contributed by atoms with van der Waals surface area (Å²) in [7, 11) is 1.66. The van der Waals surface area contributed by atoms with Gasteiger partial charge in [0.25, 0.3) is 5.91 Å². The Morgan fingerprint density at radius 1 is 0.931 bits per heavy atom. The van der Waals surface area contributed by atoms with Crippen molar-refractivity contribution in [2.24, 2.45) is 0 Å². The molecule has 1 saturated heterocycles. The highest BCUT2D eigenvalue weighted by Gasteiger charge is 2.24. The molecule has 1 heterocycles. The van der Waals surface area contributed by atoms with E-state index in [1.165, 1.54) is 10.5 Å². The van der Waals surface area contributed by atoms with Crippen molar-refractivity contribution in [3.8, 4) is 11.5 Å². The van der Waals surface area contributed by atoms with Crippen LogP contribution in [0.3, 0.4) is 0 Å². The second kappa shape index (κ2) is 11.4. The summed E-state index contributed by atoms with van der Waals surface area (Å²) in [6.07, 6.45) is 0.883. The molecule has 1 fully saturated rings. The molecule has 2 aromatic rings. The van der Waals surface area contributed by atoms with E-state index in [0.717, 1.165) is 50.6 Å². The third-order valence-electron chi connectivity index (χ3n) is 5.44. The molecule has 6 nitrogen and oxygen atoms in total. The second-order valence-electron chi connectivity index (χ2n) is 7.54. The first-order valence-corrected chi connectivity index (χ1v) is 10.5. The van der Waals surface area contributed by atoms with Crippen LogP contribution in [-0.2, 0) is 11.2 Å². The van der Waals surface area contributed by atoms with Gasteiger partial charge in [-0.25, -0.2) is 0 Å². The number of carbonyl (C=O) groups excluding carboxylic acids is 1. The molecule has 0 saturated carbocycles. The lowest BCUT2D eigenvalue weighted by molar-refractivity contribution is -1.01. The number of nitrogens with one attached hydrogen (secondary N) is 3. The Balaban J connectivity index is 1.26. The number of carbonyl (C=O) groups is 1. The normalized spacial score (nSPS) is 18.8. The third kappa shape index (κ3) is 7.40. The molecule has 0 unspecified atom stereocenters. The molecule has 1 amide bonds. The topological polar surface area (TPSA) is 56.4 Å². The molecule has 29 heavy (non-hydrogen) atoms. The molecule has 0 radical (unpaired) electrons. The van der Waals surface area contributed by atoms with E-state index in [9.17, 15) is 4.79 Å². The van der Waals surface area contributed by atoms with Crippen LogP contribution < -0.4 is 24.6 Å². The Morgan fingerprint density at radius 2 is 1.59 bits per heavy atom. The van der Waals surface area contributed by atoms with Gasteiger partial charge in [0.1, 0.15) is 50.8 Å². The monoisotopic (exact) mass is 399 g/mol. The minimum Gasteiger partial charge on any atom is -0.497 e. The first-order chi connectivity index (χ1) is 14.2. The van der Waals surface area contributed by atoms with Crippen molar-refractivity contribution in [2.45, 2.75) is 6.42 Å². The van der Waals surface area contributed by atoms with E-state index in [4.69, 9.17) is 9.47 Å². The maximum Gasteiger partial charge on any atom is 0.275 e. The van der Waals surface area contributed by atoms with Crippen LogP contribution >= 0.6 is 0 Å². The quantitative estimate of drug-likeness (QED) is 0.491. The number of hydrogen-bond acceptors (Lipinski definition) is 3. The Labute approximate surface area is 173 Å². The number of hydrogen-bond donors (Lipinski definition) is 3. The van der Waals surface area contributed by atoms with Gasteiger partial charge in [-0.1, -0.05) is 30.3 Å². The van der Waals surface area contributed by atoms with Gasteiger partial charge in [0, 0.05) is 6.54 Å². The fourth-order valence-corrected chi connectivity index (χ4v) is 3.65. The third-order valence-corrected chi connectivity index (χ3v) is 5.44. The molecule has 6 heteroatoms. The minimum absolute atomic E-state index is 0.155. The average Bonchev–Trinajstić information content (AvgIpc) is 2.76. The van der Waals surface area contributed by atoms with Crippen molar-refractivity contribution in [3.63, 3.8) is 0 Å². The average molecular weight is 400 g/mol. The highest BCUT2D eigenvalue weighted by atomic mass is 16.5. The van der Waals surface area contributed by atoms with Crippen molar-refractivity contribution in [1.82, 2.24) is 5.32 Å². The number of quaternary nitrogens is 2. The van der Waals surface area contributed by atoms with Gasteiger partial charge in [0.05, 0.1) is 7.11 Å². The smallest absolute Gasteiger partial charge is 0.275 e. The summed E-state index contributed by atoms with van der Waals surface area (Å²) in [6.45, 7) is 7.20. The summed E-state index contributed by atoms with van der Waals surface area (Å²) in [5.74, 6) is 1.87. The number of amides is 1. The first kappa shape index (κ1) is 21.1. The number of ether oxygens (including phenoxy) is 2. The van der Waals surface area contributed by atoms with Gasteiger partial charge in [-0.2, -0.15) is 0 Å². The standard InChI is InChI=1S/C23H31N3O3/c1-28-21-7-9-22(10-8-21)29-18-17-25-13-15-26(16-14-25)19-23(27)24-12-11-20-5-3-2-4-6-20/h2-10H,11-19H2,1H3,(H,24,27)/p+2. The zero-order valence-electron chi connectivity index (χ0n) is 17.3. The maximum atomic E-state index is 12.2. The summed E-state index contributed by atoms with van der Waals surface area (Å²) in [4.78, 5) is 15.1. The number of methoxy groups -OCH3 is 1. The van der Waals surface area contributed by atoms with Gasteiger partial charge < -0.3 is 24.6 Å². The van der Waals surface area contributed by atoms with Crippen molar-refractivity contribution in [3.05, 3.63) is 60.2 Å². The van der Waals surface area contributed by atoms with Crippen LogP contribution in [0, 0.1) is 0 Å². The van der Waals surface area contributed by atoms with E-state index >= 15 is 0 Å². The van der Waals surface area contributed by atoms with Crippen LogP contribution in [0.15, 0.2) is 54.6 Å². The Kier molecular flexibility index (Phi) is 8.34. The Bertz CT molecular complexity index is 729. The number of rotatable bonds is 10. The maximum absolute atomic E-state index is 12.2. The predicted molar refractivity (Wildman–Crippen MR) is 113 cm³/mol. The molecule has 3 rings (SSSR count). The molecule has 0 bridgehead atoms. The zero-order valence-corrected chi connectivity index (χ0v) is 17.3. The van der Waals surface area contributed by atoms with Gasteiger partial charge in [-0.15, -0.1) is 0 Å². The van der Waals surface area contributed by atoms with Crippen molar-refractivity contribution < 1.29 is 24.1 Å². The summed E-state index contributed by atoms with van der Waals surface area (Å²) >= 11 is 0. The number of piperazine rings is 1. The van der Waals surface area contributed by atoms with Gasteiger partial charge in [0.15, 0.2) is 6.54 Å². The largest absolute Gasteiger partial charge is 0.497 e. The molecule has 1 aliphatic heterocycles. The fraction of sp³-hybridized carbons (Fsp3) is 0.435. The van der Waals surface area contributed by atoms with Gasteiger partial charge in [-0.3, -0.25) is 4.79 Å². The SMILES string of the molecule is COc1ccc(OCC[NH+]2CC[NH+](CC(=O)NCCc3ccccc3)CC2)cc1. The van der Waals surface area contributed by atoms with Gasteiger partial charge >= 0.3 is 0 Å². The minimum atomic E-state index is 0.155. The lowest BCUT2D eigenvalue weighted by atomic mass is 10.1. The molecular formula is C23H33N3O3+2. The van der Waals surface area contributed by atoms with E-state index in [-0.39, 0.29) is 5.91 Å². The molecule has 2 aromatic carbocycles. The molecular weight excluding hydrogens is 366 g/mol. The molecule has 3 N–H and O–H groups in total. The van der Waals surface area contributed by atoms with Crippen LogP contribution in [0.1, 0.15) is 5.56 Å². The predicted octanol–water partition coefficient (Wildman–Crippen LogP) is -0.784. The van der Waals surface area contributed by atoms with Gasteiger partial charge in [0.2, 0.25) is 0 Å². The summed E-state index contributed by atoms with van der Waals surface area (Å²) in [5, 5.41) is 3.05. The van der Waals surface area contributed by atoms with E-state index < -0.39 is 0 Å². The van der Waals surface area contributed by atoms with E-state index in [1.54, 1.807) is 12.0 Å². The Hall–Kier alpha value is -2.57. The zero-order chi connectivity index (χ0) is 20.3. The van der Waals surface area contributed by atoms with Crippen LogP contribution in [0.25, 0.3) is 0 Å². The van der Waals surface area contributed by atoms with Gasteiger partial charge in [-0.05, 0) is 36.2 Å². The molecule has 0 spiro atoms. The summed E-state index contributed by atoms with van der Waals surface area (Å²) < 4.78 is 11.0. The lowest BCUT2D eigenvalue weighted by Crippen LogP contribution is -3.28. The second-order valence-corrected chi connectivity index (χ2v) is 7.54.